The number of hydrogen-bond donors (Lipinski definition) is 1. The SMILES string of the molecule is CN(C)c1ccc(Cl)cc1NC1CCSc2ccccc21. The molecule has 0 fully saturated rings. The van der Waals surface area contributed by atoms with Gasteiger partial charge in [-0.2, -0.15) is 0 Å². The molecule has 1 heterocycles. The third-order valence-electron chi connectivity index (χ3n) is 3.73. The molecule has 110 valence electrons. The molecule has 2 aromatic carbocycles. The van der Waals surface area contributed by atoms with Gasteiger partial charge in [-0.15, -0.1) is 11.8 Å². The van der Waals surface area contributed by atoms with Gasteiger partial charge in [0.25, 0.3) is 0 Å². The summed E-state index contributed by atoms with van der Waals surface area (Å²) in [6, 6.07) is 15.0. The van der Waals surface area contributed by atoms with Crippen LogP contribution in [0.5, 0.6) is 0 Å². The Hall–Kier alpha value is -1.32. The highest BCUT2D eigenvalue weighted by Gasteiger charge is 2.21. The lowest BCUT2D eigenvalue weighted by molar-refractivity contribution is 0.728. The molecule has 21 heavy (non-hydrogen) atoms. The lowest BCUT2D eigenvalue weighted by Crippen LogP contribution is -2.18. The molecule has 0 saturated carbocycles. The highest BCUT2D eigenvalue weighted by Crippen LogP contribution is 2.39. The maximum atomic E-state index is 6.18. The van der Waals surface area contributed by atoms with E-state index in [2.05, 4.69) is 54.6 Å². The molecule has 0 radical (unpaired) electrons. The summed E-state index contributed by atoms with van der Waals surface area (Å²) in [6.45, 7) is 0. The van der Waals surface area contributed by atoms with Crippen LogP contribution in [-0.4, -0.2) is 19.8 Å². The largest absolute Gasteiger partial charge is 0.376 e. The molecule has 0 amide bonds. The number of anilines is 2. The van der Waals surface area contributed by atoms with Crippen molar-refractivity contribution >= 4 is 34.7 Å². The van der Waals surface area contributed by atoms with Crippen molar-refractivity contribution in [2.75, 3.05) is 30.1 Å². The molecule has 1 N–H and O–H groups in total. The van der Waals surface area contributed by atoms with E-state index in [4.69, 9.17) is 11.6 Å². The Morgan fingerprint density at radius 3 is 2.81 bits per heavy atom. The Labute approximate surface area is 135 Å². The predicted octanol–water partition coefficient (Wildman–Crippen LogP) is 5.06. The molecule has 0 spiro atoms. The summed E-state index contributed by atoms with van der Waals surface area (Å²) in [5.41, 5.74) is 3.65. The normalized spacial score (nSPS) is 17.2. The van der Waals surface area contributed by atoms with Gasteiger partial charge in [-0.25, -0.2) is 0 Å². The Morgan fingerprint density at radius 1 is 1.19 bits per heavy atom. The molecule has 0 saturated heterocycles. The number of nitrogens with zero attached hydrogens (tertiary/aromatic N) is 1. The maximum absolute atomic E-state index is 6.18. The smallest absolute Gasteiger partial charge is 0.0598 e. The van der Waals surface area contributed by atoms with Crippen molar-refractivity contribution < 1.29 is 0 Å². The average Bonchev–Trinajstić information content (AvgIpc) is 2.47. The summed E-state index contributed by atoms with van der Waals surface area (Å²) in [5, 5.41) is 4.45. The van der Waals surface area contributed by atoms with Crippen LogP contribution in [0.3, 0.4) is 0 Å². The summed E-state index contributed by atoms with van der Waals surface area (Å²) in [5.74, 6) is 1.15. The predicted molar refractivity (Wildman–Crippen MR) is 93.9 cm³/mol. The van der Waals surface area contributed by atoms with E-state index in [9.17, 15) is 0 Å². The quantitative estimate of drug-likeness (QED) is 0.852. The molecule has 4 heteroatoms. The van der Waals surface area contributed by atoms with Gasteiger partial charge >= 0.3 is 0 Å². The third kappa shape index (κ3) is 3.14. The second-order valence-corrected chi connectivity index (χ2v) is 7.00. The van der Waals surface area contributed by atoms with Gasteiger partial charge in [0.15, 0.2) is 0 Å². The van der Waals surface area contributed by atoms with E-state index in [1.807, 2.05) is 23.9 Å². The Bertz CT molecular complexity index is 642. The monoisotopic (exact) mass is 318 g/mol. The minimum atomic E-state index is 0.347. The minimum absolute atomic E-state index is 0.347. The molecule has 2 aromatic rings. The van der Waals surface area contributed by atoms with Gasteiger partial charge in [-0.05, 0) is 36.2 Å². The second-order valence-electron chi connectivity index (χ2n) is 5.43. The summed E-state index contributed by atoms with van der Waals surface area (Å²) >= 11 is 8.12. The van der Waals surface area contributed by atoms with Crippen LogP contribution in [-0.2, 0) is 0 Å². The van der Waals surface area contributed by atoms with Gasteiger partial charge in [0.2, 0.25) is 0 Å². The summed E-state index contributed by atoms with van der Waals surface area (Å²) in [6.07, 6.45) is 1.13. The highest BCUT2D eigenvalue weighted by molar-refractivity contribution is 7.99. The highest BCUT2D eigenvalue weighted by atomic mass is 35.5. The molecule has 1 atom stereocenters. The number of rotatable bonds is 3. The van der Waals surface area contributed by atoms with Crippen LogP contribution >= 0.6 is 23.4 Å². The van der Waals surface area contributed by atoms with Gasteiger partial charge in [-0.3, -0.25) is 0 Å². The van der Waals surface area contributed by atoms with Gasteiger partial charge in [0.05, 0.1) is 17.4 Å². The van der Waals surface area contributed by atoms with Gasteiger partial charge in [0.1, 0.15) is 0 Å². The topological polar surface area (TPSA) is 15.3 Å². The van der Waals surface area contributed by atoms with Gasteiger partial charge in [0, 0.05) is 29.8 Å². The van der Waals surface area contributed by atoms with Crippen LogP contribution in [0.25, 0.3) is 0 Å². The van der Waals surface area contributed by atoms with E-state index >= 15 is 0 Å². The molecule has 2 nitrogen and oxygen atoms in total. The Morgan fingerprint density at radius 2 is 2.00 bits per heavy atom. The molecular weight excluding hydrogens is 300 g/mol. The molecular formula is C17H19ClN2S. The van der Waals surface area contributed by atoms with Crippen molar-refractivity contribution in [2.24, 2.45) is 0 Å². The fraction of sp³-hybridized carbons (Fsp3) is 0.294. The van der Waals surface area contributed by atoms with Crippen LogP contribution in [0.1, 0.15) is 18.0 Å². The Balaban J connectivity index is 1.93. The standard InChI is InChI=1S/C17H19ClN2S/c1-20(2)16-8-7-12(18)11-15(16)19-14-9-10-21-17-6-4-3-5-13(14)17/h3-8,11,14,19H,9-10H2,1-2H3. The third-order valence-corrected chi connectivity index (χ3v) is 5.09. The van der Waals surface area contributed by atoms with Crippen LogP contribution < -0.4 is 10.2 Å². The van der Waals surface area contributed by atoms with Crippen LogP contribution in [0.2, 0.25) is 5.02 Å². The van der Waals surface area contributed by atoms with E-state index in [1.54, 1.807) is 0 Å². The van der Waals surface area contributed by atoms with Crippen molar-refractivity contribution in [3.63, 3.8) is 0 Å². The fourth-order valence-electron chi connectivity index (χ4n) is 2.69. The zero-order chi connectivity index (χ0) is 14.8. The van der Waals surface area contributed by atoms with Gasteiger partial charge in [-0.1, -0.05) is 29.8 Å². The zero-order valence-electron chi connectivity index (χ0n) is 12.3. The molecule has 3 rings (SSSR count). The van der Waals surface area contributed by atoms with Crippen LogP contribution in [0, 0.1) is 0 Å². The minimum Gasteiger partial charge on any atom is -0.376 e. The molecule has 0 aliphatic carbocycles. The van der Waals surface area contributed by atoms with Gasteiger partial charge < -0.3 is 10.2 Å². The van der Waals surface area contributed by atoms with E-state index in [0.29, 0.717) is 6.04 Å². The Kier molecular flexibility index (Phi) is 4.32. The van der Waals surface area contributed by atoms with Crippen LogP contribution in [0.4, 0.5) is 11.4 Å². The summed E-state index contributed by atoms with van der Waals surface area (Å²) < 4.78 is 0. The maximum Gasteiger partial charge on any atom is 0.0598 e. The van der Waals surface area contributed by atoms with Crippen molar-refractivity contribution in [3.8, 4) is 0 Å². The molecule has 1 aliphatic heterocycles. The van der Waals surface area contributed by atoms with Crippen molar-refractivity contribution in [1.82, 2.24) is 0 Å². The fourth-order valence-corrected chi connectivity index (χ4v) is 3.99. The number of thioether (sulfide) groups is 1. The van der Waals surface area contributed by atoms with Crippen LogP contribution in [0.15, 0.2) is 47.4 Å². The second kappa shape index (κ2) is 6.20. The van der Waals surface area contributed by atoms with E-state index in [1.165, 1.54) is 10.5 Å². The first kappa shape index (κ1) is 14.6. The van der Waals surface area contributed by atoms with Crippen molar-refractivity contribution in [2.45, 2.75) is 17.4 Å². The number of hydrogen-bond acceptors (Lipinski definition) is 3. The number of benzene rings is 2. The van der Waals surface area contributed by atoms with E-state index in [-0.39, 0.29) is 0 Å². The summed E-state index contributed by atoms with van der Waals surface area (Å²) in [7, 11) is 4.11. The summed E-state index contributed by atoms with van der Waals surface area (Å²) in [4.78, 5) is 3.50. The van der Waals surface area contributed by atoms with E-state index in [0.717, 1.165) is 28.6 Å². The van der Waals surface area contributed by atoms with Crippen molar-refractivity contribution in [3.05, 3.63) is 53.1 Å². The first-order chi connectivity index (χ1) is 10.1. The van der Waals surface area contributed by atoms with Crippen molar-refractivity contribution in [1.29, 1.82) is 0 Å². The number of fused-ring (bicyclic) bond motifs is 1. The molecule has 1 unspecified atom stereocenters. The zero-order valence-corrected chi connectivity index (χ0v) is 13.8. The number of halogens is 1. The van der Waals surface area contributed by atoms with E-state index < -0.39 is 0 Å². The number of nitrogens with one attached hydrogen (secondary N) is 1. The first-order valence-corrected chi connectivity index (χ1v) is 8.46. The first-order valence-electron chi connectivity index (χ1n) is 7.10. The molecule has 1 aliphatic rings. The lowest BCUT2D eigenvalue weighted by Gasteiger charge is -2.29. The molecule has 0 aromatic heterocycles. The average molecular weight is 319 g/mol. The molecule has 0 bridgehead atoms. The lowest BCUT2D eigenvalue weighted by atomic mass is 10.0.